The number of carbonyl (C=O) groups is 2. The van der Waals surface area contributed by atoms with Crippen LogP contribution in [0, 0.1) is 11.3 Å². The number of nitrogens with zero attached hydrogens (tertiary/aromatic N) is 3. The molecular weight excluding hydrogens is 370 g/mol. The van der Waals surface area contributed by atoms with Crippen LogP contribution in [-0.2, 0) is 9.53 Å². The molecule has 4 rings (SSSR count). The fourth-order valence-corrected chi connectivity index (χ4v) is 3.46. The van der Waals surface area contributed by atoms with Crippen LogP contribution in [0.4, 0.5) is 0 Å². The van der Waals surface area contributed by atoms with Crippen molar-refractivity contribution in [3.05, 3.63) is 65.5 Å². The highest BCUT2D eigenvalue weighted by Crippen LogP contribution is 2.29. The van der Waals surface area contributed by atoms with Crippen molar-refractivity contribution in [2.45, 2.75) is 18.8 Å². The van der Waals surface area contributed by atoms with E-state index in [-0.39, 0.29) is 24.0 Å². The Morgan fingerprint density at radius 2 is 1.97 bits per heavy atom. The maximum absolute atomic E-state index is 12.4. The van der Waals surface area contributed by atoms with Crippen LogP contribution in [0.1, 0.15) is 40.6 Å². The first-order valence-electron chi connectivity index (χ1n) is 9.44. The van der Waals surface area contributed by atoms with Crippen molar-refractivity contribution in [3.63, 3.8) is 0 Å². The van der Waals surface area contributed by atoms with E-state index in [9.17, 15) is 9.59 Å². The molecule has 0 saturated carbocycles. The molecule has 2 heterocycles. The van der Waals surface area contributed by atoms with Crippen LogP contribution in [0.25, 0.3) is 11.1 Å². The fourth-order valence-electron chi connectivity index (χ4n) is 3.46. The molecule has 0 unspecified atom stereocenters. The highest BCUT2D eigenvalue weighted by molar-refractivity contribution is 5.91. The zero-order valence-electron chi connectivity index (χ0n) is 15.7. The van der Waals surface area contributed by atoms with Gasteiger partial charge in [-0.2, -0.15) is 5.26 Å². The topological polar surface area (TPSA) is 96.4 Å². The van der Waals surface area contributed by atoms with Crippen molar-refractivity contribution in [3.8, 4) is 6.07 Å². The first kappa shape index (κ1) is 18.7. The summed E-state index contributed by atoms with van der Waals surface area (Å²) in [4.78, 5) is 30.7. The summed E-state index contributed by atoms with van der Waals surface area (Å²) in [5.41, 5.74) is 2.24. The van der Waals surface area contributed by atoms with Crippen LogP contribution >= 0.6 is 0 Å². The van der Waals surface area contributed by atoms with E-state index in [0.717, 1.165) is 23.9 Å². The number of fused-ring (bicyclic) bond motifs is 1. The third-order valence-electron chi connectivity index (χ3n) is 5.06. The second-order valence-corrected chi connectivity index (χ2v) is 6.94. The number of hydrogen-bond acceptors (Lipinski definition) is 6. The monoisotopic (exact) mass is 389 g/mol. The van der Waals surface area contributed by atoms with Crippen molar-refractivity contribution < 1.29 is 18.7 Å². The molecule has 0 bridgehead atoms. The number of aromatic nitrogens is 1. The molecule has 1 aliphatic rings. The van der Waals surface area contributed by atoms with E-state index in [1.165, 1.54) is 6.07 Å². The smallest absolute Gasteiger partial charge is 0.338 e. The van der Waals surface area contributed by atoms with Gasteiger partial charge in [-0.05, 0) is 43.2 Å². The number of amides is 1. The van der Waals surface area contributed by atoms with E-state index < -0.39 is 5.97 Å². The average Bonchev–Trinajstić information content (AvgIpc) is 3.21. The Hall–Kier alpha value is -3.66. The van der Waals surface area contributed by atoms with Crippen molar-refractivity contribution >= 4 is 23.0 Å². The molecule has 146 valence electrons. The fraction of sp³-hybridized carbons (Fsp3) is 0.273. The summed E-state index contributed by atoms with van der Waals surface area (Å²) in [7, 11) is 0. The zero-order valence-corrected chi connectivity index (χ0v) is 15.7. The van der Waals surface area contributed by atoms with Gasteiger partial charge in [0.15, 0.2) is 18.1 Å². The Kier molecular flexibility index (Phi) is 5.25. The molecule has 1 aromatic heterocycles. The molecule has 1 saturated heterocycles. The number of piperidine rings is 1. The number of esters is 1. The van der Waals surface area contributed by atoms with E-state index in [4.69, 9.17) is 14.4 Å². The minimum atomic E-state index is -0.614. The number of para-hydroxylation sites is 2. The van der Waals surface area contributed by atoms with E-state index >= 15 is 0 Å². The molecule has 7 heteroatoms. The van der Waals surface area contributed by atoms with Crippen molar-refractivity contribution in [2.24, 2.45) is 0 Å². The van der Waals surface area contributed by atoms with E-state index in [1.807, 2.05) is 30.3 Å². The van der Waals surface area contributed by atoms with Gasteiger partial charge in [0, 0.05) is 19.0 Å². The van der Waals surface area contributed by atoms with Crippen molar-refractivity contribution in [1.82, 2.24) is 9.88 Å². The first-order chi connectivity index (χ1) is 14.1. The number of likely N-dealkylation sites (tertiary alicyclic amines) is 1. The van der Waals surface area contributed by atoms with Gasteiger partial charge in [0.05, 0.1) is 17.2 Å². The number of carbonyl (C=O) groups excluding carboxylic acids is 2. The molecule has 1 amide bonds. The molecule has 1 aliphatic heterocycles. The molecule has 0 atom stereocenters. The third kappa shape index (κ3) is 4.11. The van der Waals surface area contributed by atoms with Gasteiger partial charge >= 0.3 is 5.97 Å². The highest BCUT2D eigenvalue weighted by Gasteiger charge is 2.27. The molecule has 7 nitrogen and oxygen atoms in total. The summed E-state index contributed by atoms with van der Waals surface area (Å²) in [5, 5.41) is 8.90. The lowest BCUT2D eigenvalue weighted by atomic mass is 9.97. The van der Waals surface area contributed by atoms with E-state index in [1.54, 1.807) is 23.1 Å². The van der Waals surface area contributed by atoms with Crippen LogP contribution < -0.4 is 0 Å². The van der Waals surface area contributed by atoms with Gasteiger partial charge < -0.3 is 14.1 Å². The number of hydrogen-bond donors (Lipinski definition) is 0. The van der Waals surface area contributed by atoms with Gasteiger partial charge in [0.25, 0.3) is 5.91 Å². The Balaban J connectivity index is 1.29. The van der Waals surface area contributed by atoms with Gasteiger partial charge in [0.2, 0.25) is 0 Å². The van der Waals surface area contributed by atoms with Gasteiger partial charge in [0.1, 0.15) is 5.52 Å². The average molecular weight is 389 g/mol. The second-order valence-electron chi connectivity index (χ2n) is 6.94. The van der Waals surface area contributed by atoms with Crippen molar-refractivity contribution in [2.75, 3.05) is 19.7 Å². The Morgan fingerprint density at radius 1 is 1.17 bits per heavy atom. The largest absolute Gasteiger partial charge is 0.452 e. The van der Waals surface area contributed by atoms with Crippen LogP contribution in [0.15, 0.2) is 52.9 Å². The molecule has 0 radical (unpaired) electrons. The third-order valence-corrected chi connectivity index (χ3v) is 5.06. The molecule has 1 fully saturated rings. The molecular formula is C22H19N3O4. The van der Waals surface area contributed by atoms with Crippen LogP contribution in [0.3, 0.4) is 0 Å². The van der Waals surface area contributed by atoms with Gasteiger partial charge in [-0.3, -0.25) is 4.79 Å². The van der Waals surface area contributed by atoms with Gasteiger partial charge in [-0.15, -0.1) is 0 Å². The lowest BCUT2D eigenvalue weighted by molar-refractivity contribution is -0.135. The van der Waals surface area contributed by atoms with Crippen LogP contribution in [0.2, 0.25) is 0 Å². The quantitative estimate of drug-likeness (QED) is 0.636. The lowest BCUT2D eigenvalue weighted by Crippen LogP contribution is -2.40. The normalized spacial score (nSPS) is 14.5. The molecule has 0 spiro atoms. The molecule has 2 aromatic carbocycles. The molecule has 3 aromatic rings. The molecule has 0 aliphatic carbocycles. The standard InChI is InChI=1S/C22H19N3O4/c23-13-15-4-3-5-17(12-15)22(27)28-14-20(26)25-10-8-16(9-11-25)21-24-18-6-1-2-7-19(18)29-21/h1-7,12,16H,8-11,14H2. The van der Waals surface area contributed by atoms with Gasteiger partial charge in [-0.25, -0.2) is 9.78 Å². The van der Waals surface area contributed by atoms with E-state index in [0.29, 0.717) is 24.5 Å². The summed E-state index contributed by atoms with van der Waals surface area (Å²) >= 11 is 0. The first-order valence-corrected chi connectivity index (χ1v) is 9.44. The zero-order chi connectivity index (χ0) is 20.2. The maximum Gasteiger partial charge on any atom is 0.338 e. The summed E-state index contributed by atoms with van der Waals surface area (Å²) < 4.78 is 11.0. The van der Waals surface area contributed by atoms with Crippen LogP contribution in [-0.4, -0.2) is 41.5 Å². The highest BCUT2D eigenvalue weighted by atomic mass is 16.5. The summed E-state index contributed by atoms with van der Waals surface area (Å²) in [6.45, 7) is 0.802. The predicted molar refractivity (Wildman–Crippen MR) is 104 cm³/mol. The lowest BCUT2D eigenvalue weighted by Gasteiger charge is -2.30. The van der Waals surface area contributed by atoms with Gasteiger partial charge in [-0.1, -0.05) is 18.2 Å². The number of benzene rings is 2. The van der Waals surface area contributed by atoms with Crippen LogP contribution in [0.5, 0.6) is 0 Å². The Labute approximate surface area is 167 Å². The number of rotatable bonds is 4. The molecule has 29 heavy (non-hydrogen) atoms. The van der Waals surface area contributed by atoms with E-state index in [2.05, 4.69) is 4.98 Å². The summed E-state index contributed by atoms with van der Waals surface area (Å²) in [5.74, 6) is 0.0347. The minimum Gasteiger partial charge on any atom is -0.452 e. The minimum absolute atomic E-state index is 0.169. The van der Waals surface area contributed by atoms with Crippen molar-refractivity contribution in [1.29, 1.82) is 5.26 Å². The SMILES string of the molecule is N#Cc1cccc(C(=O)OCC(=O)N2CCC(c3nc4ccccc4o3)CC2)c1. The Morgan fingerprint density at radius 3 is 2.72 bits per heavy atom. The summed E-state index contributed by atoms with van der Waals surface area (Å²) in [6.07, 6.45) is 1.49. The number of oxazole rings is 1. The predicted octanol–water partition coefficient (Wildman–Crippen LogP) is 3.26. The maximum atomic E-state index is 12.4. The molecule has 0 N–H and O–H groups in total. The Bertz CT molecular complexity index is 1060. The number of nitriles is 1. The number of ether oxygens (including phenoxy) is 1. The second kappa shape index (κ2) is 8.15. The summed E-state index contributed by atoms with van der Waals surface area (Å²) in [6, 6.07) is 15.8.